The average molecular weight is 358 g/mol. The van der Waals surface area contributed by atoms with E-state index in [2.05, 4.69) is 55.6 Å². The van der Waals surface area contributed by atoms with Gasteiger partial charge in [0, 0.05) is 0 Å². The highest BCUT2D eigenvalue weighted by Gasteiger charge is 2.69. The zero-order valence-electron chi connectivity index (χ0n) is 15.6. The summed E-state index contributed by atoms with van der Waals surface area (Å²) < 4.78 is 5.54. The van der Waals surface area contributed by atoms with Crippen molar-refractivity contribution in [2.45, 2.75) is 57.2 Å². The quantitative estimate of drug-likeness (QED) is 0.598. The van der Waals surface area contributed by atoms with Gasteiger partial charge >= 0.3 is 6.09 Å². The maximum atomic E-state index is 12.6. The van der Waals surface area contributed by atoms with Gasteiger partial charge in [-0.3, -0.25) is 4.84 Å². The molecule has 1 aromatic carbocycles. The molecular formula is C20H27NO3Si. The van der Waals surface area contributed by atoms with Gasteiger partial charge in [-0.1, -0.05) is 60.8 Å². The first-order chi connectivity index (χ1) is 11.7. The fourth-order valence-corrected chi connectivity index (χ4v) is 8.82. The average Bonchev–Trinajstić information content (AvgIpc) is 3.33. The number of amides is 1. The number of carbonyl (C=O) groups is 1. The fraction of sp³-hybridized carbons (Fsp3) is 0.550. The smallest absolute Gasteiger partial charge is 0.435 e. The van der Waals surface area contributed by atoms with E-state index in [0.29, 0.717) is 17.4 Å². The minimum Gasteiger partial charge on any atom is -0.442 e. The van der Waals surface area contributed by atoms with Crippen molar-refractivity contribution in [2.75, 3.05) is 0 Å². The number of hydrogen-bond donors (Lipinski definition) is 0. The molecule has 2 aliphatic heterocycles. The lowest BCUT2D eigenvalue weighted by molar-refractivity contribution is -0.217. The largest absolute Gasteiger partial charge is 0.442 e. The molecule has 4 aliphatic rings. The summed E-state index contributed by atoms with van der Waals surface area (Å²) in [5, 5.41) is 2.98. The Morgan fingerprint density at radius 3 is 2.44 bits per heavy atom. The predicted octanol–water partition coefficient (Wildman–Crippen LogP) is 3.71. The molecule has 5 heteroatoms. The van der Waals surface area contributed by atoms with Crippen molar-refractivity contribution >= 4 is 19.4 Å². The number of carbonyl (C=O) groups excluding carboxylic acids is 1. The van der Waals surface area contributed by atoms with Crippen LogP contribution in [-0.2, 0) is 9.57 Å². The van der Waals surface area contributed by atoms with Gasteiger partial charge in [-0.25, -0.2) is 4.79 Å². The van der Waals surface area contributed by atoms with E-state index >= 15 is 0 Å². The summed E-state index contributed by atoms with van der Waals surface area (Å²) in [4.78, 5) is 18.6. The number of benzene rings is 1. The molecule has 2 heterocycles. The summed E-state index contributed by atoms with van der Waals surface area (Å²) >= 11 is 0. The van der Waals surface area contributed by atoms with Gasteiger partial charge in [-0.05, 0) is 38.1 Å². The van der Waals surface area contributed by atoms with E-state index in [1.165, 1.54) is 10.2 Å². The number of hydrogen-bond acceptors (Lipinski definition) is 3. The third kappa shape index (κ3) is 2.74. The third-order valence-electron chi connectivity index (χ3n) is 5.84. The molecule has 0 N–H and O–H groups in total. The van der Waals surface area contributed by atoms with Gasteiger partial charge < -0.3 is 4.74 Å². The number of fused-ring (bicyclic) bond motifs is 1. The lowest BCUT2D eigenvalue weighted by atomic mass is 9.99. The second kappa shape index (κ2) is 5.45. The van der Waals surface area contributed by atoms with Crippen LogP contribution in [0.3, 0.4) is 0 Å². The number of hydroxylamine groups is 2. The van der Waals surface area contributed by atoms with Crippen molar-refractivity contribution in [1.29, 1.82) is 0 Å². The Morgan fingerprint density at radius 1 is 1.12 bits per heavy atom. The Hall–Kier alpha value is -1.59. The molecule has 1 amide bonds. The van der Waals surface area contributed by atoms with Crippen molar-refractivity contribution < 1.29 is 14.4 Å². The van der Waals surface area contributed by atoms with E-state index in [1.807, 2.05) is 20.8 Å². The fourth-order valence-electron chi connectivity index (χ4n) is 4.74. The lowest BCUT2D eigenvalue weighted by Gasteiger charge is -2.40. The monoisotopic (exact) mass is 357 g/mol. The molecule has 0 radical (unpaired) electrons. The molecule has 5 rings (SSSR count). The van der Waals surface area contributed by atoms with Gasteiger partial charge in [0.15, 0.2) is 0 Å². The Kier molecular flexibility index (Phi) is 3.67. The Morgan fingerprint density at radius 2 is 1.80 bits per heavy atom. The van der Waals surface area contributed by atoms with Gasteiger partial charge in [0.05, 0.1) is 14.1 Å². The van der Waals surface area contributed by atoms with E-state index in [0.717, 1.165) is 0 Å². The third-order valence-corrected chi connectivity index (χ3v) is 10.1. The van der Waals surface area contributed by atoms with Crippen LogP contribution < -0.4 is 5.19 Å². The first kappa shape index (κ1) is 16.9. The molecule has 4 nitrogen and oxygen atoms in total. The van der Waals surface area contributed by atoms with Gasteiger partial charge in [0.1, 0.15) is 11.7 Å². The summed E-state index contributed by atoms with van der Waals surface area (Å²) in [5.74, 6) is 1.04. The van der Waals surface area contributed by atoms with Crippen LogP contribution in [-0.4, -0.2) is 37.0 Å². The Labute approximate surface area is 150 Å². The lowest BCUT2D eigenvalue weighted by Crippen LogP contribution is -2.51. The van der Waals surface area contributed by atoms with Crippen LogP contribution in [0.1, 0.15) is 20.8 Å². The van der Waals surface area contributed by atoms with E-state index in [1.54, 1.807) is 0 Å². The summed E-state index contributed by atoms with van der Waals surface area (Å²) in [5.41, 5.74) is 0.119. The zero-order valence-corrected chi connectivity index (χ0v) is 16.6. The minimum absolute atomic E-state index is 0.00278. The molecular weight excluding hydrogens is 330 g/mol. The van der Waals surface area contributed by atoms with Gasteiger partial charge in [0.2, 0.25) is 0 Å². The van der Waals surface area contributed by atoms with Crippen molar-refractivity contribution in [3.8, 4) is 0 Å². The second-order valence-electron chi connectivity index (χ2n) is 9.02. The highest BCUT2D eigenvalue weighted by molar-refractivity contribution is 6.91. The SMILES string of the molecule is CC(C)(C)OC(=O)N1O[C@H]2C=C[C@@H]1[C@H]1[C@@H]2[C@@H]1[Si](C)(C)c1ccccc1. The van der Waals surface area contributed by atoms with Crippen LogP contribution in [0.4, 0.5) is 4.79 Å². The Bertz CT molecular complexity index is 709. The van der Waals surface area contributed by atoms with Crippen molar-refractivity contribution in [3.05, 3.63) is 42.5 Å². The molecule has 25 heavy (non-hydrogen) atoms. The van der Waals surface area contributed by atoms with E-state index in [4.69, 9.17) is 9.57 Å². The molecule has 2 fully saturated rings. The van der Waals surface area contributed by atoms with E-state index in [-0.39, 0.29) is 18.2 Å². The summed E-state index contributed by atoms with van der Waals surface area (Å²) in [6, 6.07) is 10.9. The summed E-state index contributed by atoms with van der Waals surface area (Å²) in [6.45, 7) is 10.6. The van der Waals surface area contributed by atoms with Crippen molar-refractivity contribution in [2.24, 2.45) is 11.8 Å². The zero-order chi connectivity index (χ0) is 18.0. The number of nitrogens with zero attached hydrogens (tertiary/aromatic N) is 1. The highest BCUT2D eigenvalue weighted by Crippen LogP contribution is 2.66. The predicted molar refractivity (Wildman–Crippen MR) is 100 cm³/mol. The molecule has 0 spiro atoms. The van der Waals surface area contributed by atoms with E-state index in [9.17, 15) is 4.79 Å². The second-order valence-corrected chi connectivity index (χ2v) is 13.7. The van der Waals surface area contributed by atoms with E-state index < -0.39 is 13.7 Å². The maximum Gasteiger partial charge on any atom is 0.435 e. The van der Waals surface area contributed by atoms with Gasteiger partial charge in [-0.2, -0.15) is 5.06 Å². The van der Waals surface area contributed by atoms with Crippen LogP contribution in [0.15, 0.2) is 42.5 Å². The van der Waals surface area contributed by atoms with Crippen LogP contribution in [0.2, 0.25) is 18.6 Å². The van der Waals surface area contributed by atoms with Crippen LogP contribution in [0.5, 0.6) is 0 Å². The first-order valence-electron chi connectivity index (χ1n) is 9.13. The topological polar surface area (TPSA) is 38.8 Å². The molecule has 134 valence electrons. The minimum atomic E-state index is -1.63. The maximum absolute atomic E-state index is 12.6. The Balaban J connectivity index is 1.56. The van der Waals surface area contributed by atoms with Gasteiger partial charge in [0.25, 0.3) is 0 Å². The molecule has 2 aliphatic carbocycles. The van der Waals surface area contributed by atoms with Crippen LogP contribution in [0.25, 0.3) is 0 Å². The summed E-state index contributed by atoms with van der Waals surface area (Å²) in [7, 11) is -1.63. The standard InChI is InChI=1S/C20H27NO3Si/c1-20(2,3)23-19(22)21-14-11-12-15(24-21)17-16(14)18(17)25(4,5)13-9-7-6-8-10-13/h6-12,14-18H,1-5H3/t14-,15+,16+,17-,18-/m1/s1. The first-order valence-corrected chi connectivity index (χ1v) is 12.2. The molecule has 0 aromatic heterocycles. The molecule has 5 atom stereocenters. The molecule has 2 bridgehead atoms. The van der Waals surface area contributed by atoms with Crippen molar-refractivity contribution in [1.82, 2.24) is 5.06 Å². The van der Waals surface area contributed by atoms with Crippen LogP contribution in [0, 0.1) is 11.8 Å². The number of rotatable bonds is 2. The molecule has 0 unspecified atom stereocenters. The molecule has 1 saturated carbocycles. The van der Waals surface area contributed by atoms with Crippen molar-refractivity contribution in [3.63, 3.8) is 0 Å². The molecule has 1 aromatic rings. The molecule has 1 saturated heterocycles. The van der Waals surface area contributed by atoms with Crippen LogP contribution >= 0.6 is 0 Å². The summed E-state index contributed by atoms with van der Waals surface area (Å²) in [6.07, 6.45) is 3.93. The normalized spacial score (nSPS) is 33.2. The van der Waals surface area contributed by atoms with Gasteiger partial charge in [-0.15, -0.1) is 0 Å². The number of ether oxygens (including phenoxy) is 1. The highest BCUT2D eigenvalue weighted by atomic mass is 28.3.